The van der Waals surface area contributed by atoms with E-state index >= 15 is 0 Å². The van der Waals surface area contributed by atoms with Crippen molar-refractivity contribution >= 4 is 5.91 Å². The number of hydrogen-bond acceptors (Lipinski definition) is 3. The van der Waals surface area contributed by atoms with Crippen molar-refractivity contribution < 1.29 is 4.79 Å². The van der Waals surface area contributed by atoms with Gasteiger partial charge in [0.25, 0.3) is 0 Å². The van der Waals surface area contributed by atoms with Crippen molar-refractivity contribution in [3.8, 4) is 0 Å². The van der Waals surface area contributed by atoms with Crippen molar-refractivity contribution in [1.82, 2.24) is 20.2 Å². The number of carbonyl (C=O) groups excluding carboxylic acids is 1. The molecule has 5 nitrogen and oxygen atoms in total. The number of nitrogens with zero attached hydrogens (tertiary/aromatic N) is 2. The Kier molecular flexibility index (Phi) is 3.56. The van der Waals surface area contributed by atoms with E-state index in [1.165, 1.54) is 0 Å². The van der Waals surface area contributed by atoms with E-state index in [2.05, 4.69) is 22.5 Å². The van der Waals surface area contributed by atoms with Gasteiger partial charge in [-0.3, -0.25) is 4.79 Å². The standard InChI is InChI=1S/C11H18N4O/c1-9(7-15-5-4-12-8-15)13-6-10-2-3-11(16)14-10/h4-5,8-10,13H,2-3,6-7H2,1H3,(H,14,16). The van der Waals surface area contributed by atoms with Gasteiger partial charge in [0.2, 0.25) is 5.91 Å². The van der Waals surface area contributed by atoms with Crippen molar-refractivity contribution in [1.29, 1.82) is 0 Å². The van der Waals surface area contributed by atoms with E-state index in [1.54, 1.807) is 6.20 Å². The van der Waals surface area contributed by atoms with E-state index in [-0.39, 0.29) is 5.91 Å². The van der Waals surface area contributed by atoms with Gasteiger partial charge in [0.05, 0.1) is 6.33 Å². The Balaban J connectivity index is 1.68. The molecule has 1 amide bonds. The molecule has 1 aliphatic rings. The molecule has 1 fully saturated rings. The third kappa shape index (κ3) is 3.06. The van der Waals surface area contributed by atoms with Gasteiger partial charge >= 0.3 is 0 Å². The molecule has 2 heterocycles. The number of imidazole rings is 1. The quantitative estimate of drug-likeness (QED) is 0.745. The zero-order chi connectivity index (χ0) is 11.4. The van der Waals surface area contributed by atoms with Gasteiger partial charge in [-0.05, 0) is 13.3 Å². The average Bonchev–Trinajstić information content (AvgIpc) is 2.87. The second-order valence-electron chi connectivity index (χ2n) is 4.37. The van der Waals surface area contributed by atoms with Crippen LogP contribution in [-0.4, -0.2) is 34.1 Å². The highest BCUT2D eigenvalue weighted by Crippen LogP contribution is 2.05. The summed E-state index contributed by atoms with van der Waals surface area (Å²) >= 11 is 0. The first-order valence-electron chi connectivity index (χ1n) is 5.72. The van der Waals surface area contributed by atoms with Crippen LogP contribution in [0, 0.1) is 0 Å². The highest BCUT2D eigenvalue weighted by Gasteiger charge is 2.20. The van der Waals surface area contributed by atoms with Crippen LogP contribution >= 0.6 is 0 Å². The molecule has 88 valence electrons. The molecule has 2 rings (SSSR count). The van der Waals surface area contributed by atoms with E-state index in [9.17, 15) is 4.79 Å². The maximum absolute atomic E-state index is 11.0. The van der Waals surface area contributed by atoms with E-state index < -0.39 is 0 Å². The Hall–Kier alpha value is -1.36. The number of carbonyl (C=O) groups is 1. The van der Waals surface area contributed by atoms with Crippen LogP contribution in [0.4, 0.5) is 0 Å². The molecule has 5 heteroatoms. The van der Waals surface area contributed by atoms with Crippen molar-refractivity contribution in [2.75, 3.05) is 6.54 Å². The summed E-state index contributed by atoms with van der Waals surface area (Å²) in [6.07, 6.45) is 7.17. The molecule has 0 saturated carbocycles. The zero-order valence-electron chi connectivity index (χ0n) is 9.52. The smallest absolute Gasteiger partial charge is 0.220 e. The lowest BCUT2D eigenvalue weighted by molar-refractivity contribution is -0.119. The predicted octanol–water partition coefficient (Wildman–Crippen LogP) is 0.140. The Morgan fingerprint density at radius 1 is 1.75 bits per heavy atom. The lowest BCUT2D eigenvalue weighted by Gasteiger charge is -2.17. The molecule has 1 aromatic heterocycles. The fourth-order valence-electron chi connectivity index (χ4n) is 1.95. The second kappa shape index (κ2) is 5.12. The molecule has 16 heavy (non-hydrogen) atoms. The van der Waals surface area contributed by atoms with Gasteiger partial charge in [0.15, 0.2) is 0 Å². The maximum atomic E-state index is 11.0. The topological polar surface area (TPSA) is 59.0 Å². The summed E-state index contributed by atoms with van der Waals surface area (Å²) in [6.45, 7) is 3.89. The van der Waals surface area contributed by atoms with Gasteiger partial charge in [-0.1, -0.05) is 0 Å². The monoisotopic (exact) mass is 222 g/mol. The highest BCUT2D eigenvalue weighted by molar-refractivity contribution is 5.78. The highest BCUT2D eigenvalue weighted by atomic mass is 16.1. The minimum atomic E-state index is 0.175. The first kappa shape index (κ1) is 11.1. The first-order chi connectivity index (χ1) is 7.74. The fourth-order valence-corrected chi connectivity index (χ4v) is 1.95. The van der Waals surface area contributed by atoms with Crippen LogP contribution < -0.4 is 10.6 Å². The number of aromatic nitrogens is 2. The van der Waals surface area contributed by atoms with Gasteiger partial charge in [-0.2, -0.15) is 0 Å². The molecule has 2 unspecified atom stereocenters. The third-order valence-corrected chi connectivity index (χ3v) is 2.84. The molecular formula is C11H18N4O. The Bertz CT molecular complexity index is 336. The van der Waals surface area contributed by atoms with Gasteiger partial charge < -0.3 is 15.2 Å². The van der Waals surface area contributed by atoms with Gasteiger partial charge in [-0.25, -0.2) is 4.98 Å². The van der Waals surface area contributed by atoms with Crippen LogP contribution in [0.2, 0.25) is 0 Å². The van der Waals surface area contributed by atoms with Crippen LogP contribution in [0.1, 0.15) is 19.8 Å². The molecule has 2 atom stereocenters. The lowest BCUT2D eigenvalue weighted by Crippen LogP contribution is -2.40. The van der Waals surface area contributed by atoms with Crippen LogP contribution in [0.25, 0.3) is 0 Å². The summed E-state index contributed by atoms with van der Waals surface area (Å²) < 4.78 is 2.05. The minimum absolute atomic E-state index is 0.175. The minimum Gasteiger partial charge on any atom is -0.352 e. The zero-order valence-corrected chi connectivity index (χ0v) is 9.52. The van der Waals surface area contributed by atoms with Gasteiger partial charge in [-0.15, -0.1) is 0 Å². The van der Waals surface area contributed by atoms with Crippen molar-refractivity contribution in [2.45, 2.75) is 38.4 Å². The Labute approximate surface area is 95.2 Å². The fraction of sp³-hybridized carbons (Fsp3) is 0.636. The van der Waals surface area contributed by atoms with Crippen LogP contribution in [0.3, 0.4) is 0 Å². The SMILES string of the molecule is CC(Cn1ccnc1)NCC1CCC(=O)N1. The normalized spacial score (nSPS) is 22.1. The number of nitrogens with one attached hydrogen (secondary N) is 2. The molecule has 0 bridgehead atoms. The van der Waals surface area contributed by atoms with E-state index in [4.69, 9.17) is 0 Å². The lowest BCUT2D eigenvalue weighted by atomic mass is 10.2. The van der Waals surface area contributed by atoms with Crippen LogP contribution in [-0.2, 0) is 11.3 Å². The molecular weight excluding hydrogens is 204 g/mol. The largest absolute Gasteiger partial charge is 0.352 e. The summed E-state index contributed by atoms with van der Waals surface area (Å²) in [5, 5.41) is 6.37. The van der Waals surface area contributed by atoms with E-state index in [1.807, 2.05) is 17.1 Å². The average molecular weight is 222 g/mol. The van der Waals surface area contributed by atoms with Crippen molar-refractivity contribution in [3.05, 3.63) is 18.7 Å². The molecule has 1 aliphatic heterocycles. The molecule has 0 spiro atoms. The maximum Gasteiger partial charge on any atom is 0.220 e. The second-order valence-corrected chi connectivity index (χ2v) is 4.37. The molecule has 0 aliphatic carbocycles. The molecule has 0 aromatic carbocycles. The van der Waals surface area contributed by atoms with Crippen molar-refractivity contribution in [3.63, 3.8) is 0 Å². The molecule has 1 aromatic rings. The van der Waals surface area contributed by atoms with Crippen LogP contribution in [0.5, 0.6) is 0 Å². The van der Waals surface area contributed by atoms with Crippen molar-refractivity contribution in [2.24, 2.45) is 0 Å². The molecule has 2 N–H and O–H groups in total. The summed E-state index contributed by atoms with van der Waals surface area (Å²) in [6, 6.07) is 0.685. The van der Waals surface area contributed by atoms with Gasteiger partial charge in [0.1, 0.15) is 0 Å². The molecule has 0 radical (unpaired) electrons. The molecule has 1 saturated heterocycles. The number of amides is 1. The summed E-state index contributed by atoms with van der Waals surface area (Å²) in [7, 11) is 0. The summed E-state index contributed by atoms with van der Waals surface area (Å²) in [5.74, 6) is 0.175. The Morgan fingerprint density at radius 3 is 3.25 bits per heavy atom. The summed E-state index contributed by atoms with van der Waals surface area (Å²) in [5.41, 5.74) is 0. The predicted molar refractivity (Wildman–Crippen MR) is 60.9 cm³/mol. The van der Waals surface area contributed by atoms with Gasteiger partial charge in [0, 0.05) is 44.0 Å². The third-order valence-electron chi connectivity index (χ3n) is 2.84. The number of rotatable bonds is 5. The Morgan fingerprint density at radius 2 is 2.62 bits per heavy atom. The number of hydrogen-bond donors (Lipinski definition) is 2. The van der Waals surface area contributed by atoms with E-state index in [0.29, 0.717) is 18.5 Å². The van der Waals surface area contributed by atoms with E-state index in [0.717, 1.165) is 19.5 Å². The van der Waals surface area contributed by atoms with Crippen LogP contribution in [0.15, 0.2) is 18.7 Å². The summed E-state index contributed by atoms with van der Waals surface area (Å²) in [4.78, 5) is 15.0. The first-order valence-corrected chi connectivity index (χ1v) is 5.72.